The largest absolute Gasteiger partial charge is 0.454 e. The predicted octanol–water partition coefficient (Wildman–Crippen LogP) is 2.20. The van der Waals surface area contributed by atoms with Gasteiger partial charge in [0.05, 0.1) is 5.71 Å². The lowest BCUT2D eigenvalue weighted by Crippen LogP contribution is -2.31. The average Bonchev–Trinajstić information content (AvgIpc) is 3.21. The highest BCUT2D eigenvalue weighted by Crippen LogP contribution is 2.32. The molecule has 9 heteroatoms. The number of carbonyl (C=O) groups excluding carboxylic acids is 2. The van der Waals surface area contributed by atoms with Gasteiger partial charge in [-0.15, -0.1) is 0 Å². The second kappa shape index (κ2) is 10.2. The lowest BCUT2D eigenvalue weighted by atomic mass is 10.1. The van der Waals surface area contributed by atoms with Gasteiger partial charge in [-0.05, 0) is 43.2 Å². The molecule has 0 saturated heterocycles. The molecule has 0 aliphatic carbocycles. The molecule has 1 amide bonds. The van der Waals surface area contributed by atoms with Gasteiger partial charge in [0.15, 0.2) is 18.1 Å². The minimum absolute atomic E-state index is 0.175. The topological polar surface area (TPSA) is 95.5 Å². The van der Waals surface area contributed by atoms with Crippen LogP contribution in [0, 0.1) is 5.82 Å². The molecule has 2 aromatic carbocycles. The number of hydrogen-bond donors (Lipinski definition) is 1. The number of nitrogens with one attached hydrogen (secondary N) is 1. The third-order valence-corrected chi connectivity index (χ3v) is 4.21. The third-order valence-electron chi connectivity index (χ3n) is 4.21. The summed E-state index contributed by atoms with van der Waals surface area (Å²) >= 11 is 0. The maximum Gasteiger partial charge on any atom is 0.347 e. The van der Waals surface area contributed by atoms with Gasteiger partial charge >= 0.3 is 5.97 Å². The van der Waals surface area contributed by atoms with Crippen molar-refractivity contribution in [2.45, 2.75) is 13.3 Å². The molecule has 0 fully saturated rings. The van der Waals surface area contributed by atoms with Gasteiger partial charge in [0.25, 0.3) is 5.91 Å². The van der Waals surface area contributed by atoms with Crippen molar-refractivity contribution >= 4 is 17.6 Å². The van der Waals surface area contributed by atoms with Crippen LogP contribution < -0.4 is 14.8 Å². The first-order valence-corrected chi connectivity index (χ1v) is 9.25. The first-order chi connectivity index (χ1) is 14.5. The molecule has 3 rings (SSSR count). The smallest absolute Gasteiger partial charge is 0.347 e. The van der Waals surface area contributed by atoms with Crippen molar-refractivity contribution in [2.24, 2.45) is 5.16 Å². The molecule has 1 N–H and O–H groups in total. The van der Waals surface area contributed by atoms with Crippen LogP contribution in [0.1, 0.15) is 18.1 Å². The van der Waals surface area contributed by atoms with Crippen molar-refractivity contribution in [2.75, 3.05) is 26.6 Å². The molecule has 0 radical (unpaired) electrons. The lowest BCUT2D eigenvalue weighted by molar-refractivity contribution is -0.152. The summed E-state index contributed by atoms with van der Waals surface area (Å²) in [5, 5.41) is 6.42. The van der Waals surface area contributed by atoms with E-state index in [1.54, 1.807) is 43.3 Å². The van der Waals surface area contributed by atoms with Gasteiger partial charge in [-0.1, -0.05) is 23.4 Å². The van der Waals surface area contributed by atoms with Crippen LogP contribution in [0.2, 0.25) is 0 Å². The molecular weight excluding hydrogens is 395 g/mol. The third kappa shape index (κ3) is 5.94. The first-order valence-electron chi connectivity index (χ1n) is 9.25. The molecule has 1 aliphatic heterocycles. The molecule has 0 saturated carbocycles. The van der Waals surface area contributed by atoms with E-state index in [1.165, 1.54) is 6.07 Å². The second-order valence-electron chi connectivity index (χ2n) is 6.37. The van der Waals surface area contributed by atoms with Crippen LogP contribution in [0.5, 0.6) is 11.5 Å². The predicted molar refractivity (Wildman–Crippen MR) is 105 cm³/mol. The van der Waals surface area contributed by atoms with Gasteiger partial charge in [-0.3, -0.25) is 4.79 Å². The maximum absolute atomic E-state index is 13.5. The maximum atomic E-state index is 13.5. The minimum atomic E-state index is -0.735. The molecule has 0 bridgehead atoms. The highest BCUT2D eigenvalue weighted by atomic mass is 19.1. The summed E-state index contributed by atoms with van der Waals surface area (Å²) in [5.41, 5.74) is 1.78. The Balaban J connectivity index is 1.34. The second-order valence-corrected chi connectivity index (χ2v) is 6.37. The Morgan fingerprint density at radius 1 is 1.13 bits per heavy atom. The number of esters is 1. The first kappa shape index (κ1) is 21.1. The summed E-state index contributed by atoms with van der Waals surface area (Å²) in [7, 11) is 0. The van der Waals surface area contributed by atoms with Gasteiger partial charge in [-0.25, -0.2) is 9.18 Å². The molecule has 2 aromatic rings. The minimum Gasteiger partial charge on any atom is -0.454 e. The summed E-state index contributed by atoms with van der Waals surface area (Å²) in [6.07, 6.45) is 0.337. The molecule has 0 spiro atoms. The molecule has 0 aromatic heterocycles. The Morgan fingerprint density at radius 3 is 2.77 bits per heavy atom. The molecule has 30 heavy (non-hydrogen) atoms. The number of benzene rings is 2. The average molecular weight is 416 g/mol. The monoisotopic (exact) mass is 416 g/mol. The number of ether oxygens (including phenoxy) is 3. The zero-order valence-corrected chi connectivity index (χ0v) is 16.4. The van der Waals surface area contributed by atoms with E-state index < -0.39 is 25.1 Å². The van der Waals surface area contributed by atoms with Crippen molar-refractivity contribution in [3.05, 3.63) is 59.4 Å². The summed E-state index contributed by atoms with van der Waals surface area (Å²) < 4.78 is 28.9. The zero-order chi connectivity index (χ0) is 21.3. The summed E-state index contributed by atoms with van der Waals surface area (Å²) in [4.78, 5) is 28.4. The van der Waals surface area contributed by atoms with Gasteiger partial charge in [0, 0.05) is 12.1 Å². The number of hydrogen-bond acceptors (Lipinski definition) is 7. The Labute approximate surface area is 172 Å². The summed E-state index contributed by atoms with van der Waals surface area (Å²) in [6, 6.07) is 11.6. The summed E-state index contributed by atoms with van der Waals surface area (Å²) in [5.74, 6) is -0.279. The van der Waals surface area contributed by atoms with Crippen LogP contribution in [0.25, 0.3) is 0 Å². The van der Waals surface area contributed by atoms with Crippen LogP contribution in [0.15, 0.2) is 47.6 Å². The number of fused-ring (bicyclic) bond motifs is 1. The van der Waals surface area contributed by atoms with E-state index in [0.29, 0.717) is 29.2 Å². The molecular formula is C21H21FN2O6. The van der Waals surface area contributed by atoms with Crippen LogP contribution >= 0.6 is 0 Å². The number of carbonyl (C=O) groups is 2. The van der Waals surface area contributed by atoms with E-state index in [0.717, 1.165) is 5.56 Å². The van der Waals surface area contributed by atoms with Crippen molar-refractivity contribution in [1.29, 1.82) is 0 Å². The van der Waals surface area contributed by atoms with Gasteiger partial charge in [0.2, 0.25) is 13.4 Å². The Kier molecular flexibility index (Phi) is 7.20. The Morgan fingerprint density at radius 2 is 1.93 bits per heavy atom. The SMILES string of the molecule is C/C(=N/OCC(=O)OCC(=O)NCCc1ccccc1F)c1ccc2c(c1)OCO2. The van der Waals surface area contributed by atoms with E-state index in [1.807, 2.05) is 0 Å². The standard InChI is InChI=1S/C21H21FN2O6/c1-14(16-6-7-18-19(10-16)29-13-28-18)24-30-12-21(26)27-11-20(25)23-9-8-15-4-2-3-5-17(15)22/h2-7,10H,8-9,11-13H2,1H3,(H,23,25)/b24-14-. The molecule has 0 unspecified atom stereocenters. The van der Waals surface area contributed by atoms with Gasteiger partial charge in [0.1, 0.15) is 5.82 Å². The zero-order valence-electron chi connectivity index (χ0n) is 16.4. The van der Waals surface area contributed by atoms with E-state index in [-0.39, 0.29) is 19.2 Å². The number of oxime groups is 1. The van der Waals surface area contributed by atoms with Crippen molar-refractivity contribution in [3.63, 3.8) is 0 Å². The van der Waals surface area contributed by atoms with E-state index in [2.05, 4.69) is 10.5 Å². The van der Waals surface area contributed by atoms with Crippen LogP contribution in [-0.4, -0.2) is 44.1 Å². The molecule has 1 aliphatic rings. The van der Waals surface area contributed by atoms with E-state index >= 15 is 0 Å². The number of rotatable bonds is 9. The summed E-state index contributed by atoms with van der Waals surface area (Å²) in [6.45, 7) is 1.22. The van der Waals surface area contributed by atoms with Crippen molar-refractivity contribution < 1.29 is 33.0 Å². The van der Waals surface area contributed by atoms with E-state index in [4.69, 9.17) is 19.0 Å². The fraction of sp³-hybridized carbons (Fsp3) is 0.286. The molecule has 8 nitrogen and oxygen atoms in total. The fourth-order valence-corrected chi connectivity index (χ4v) is 2.63. The molecule has 158 valence electrons. The van der Waals surface area contributed by atoms with Crippen molar-refractivity contribution in [3.8, 4) is 11.5 Å². The van der Waals surface area contributed by atoms with Crippen molar-refractivity contribution in [1.82, 2.24) is 5.32 Å². The Hall–Kier alpha value is -3.62. The Bertz CT molecular complexity index is 947. The van der Waals surface area contributed by atoms with Crippen LogP contribution in [-0.2, 0) is 25.6 Å². The van der Waals surface area contributed by atoms with Crippen LogP contribution in [0.4, 0.5) is 4.39 Å². The quantitative estimate of drug-likeness (QED) is 0.383. The number of halogens is 1. The highest BCUT2D eigenvalue weighted by Gasteiger charge is 2.14. The highest BCUT2D eigenvalue weighted by molar-refractivity contribution is 5.99. The van der Waals surface area contributed by atoms with Gasteiger partial charge < -0.3 is 24.4 Å². The fourth-order valence-electron chi connectivity index (χ4n) is 2.63. The molecule has 0 atom stereocenters. The number of amides is 1. The van der Waals surface area contributed by atoms with Gasteiger partial charge in [-0.2, -0.15) is 0 Å². The number of nitrogens with zero attached hydrogens (tertiary/aromatic N) is 1. The van der Waals surface area contributed by atoms with Crippen LogP contribution in [0.3, 0.4) is 0 Å². The molecule has 1 heterocycles. The normalized spacial score (nSPS) is 12.4. The van der Waals surface area contributed by atoms with E-state index in [9.17, 15) is 14.0 Å². The lowest BCUT2D eigenvalue weighted by Gasteiger charge is -2.07.